The topological polar surface area (TPSA) is 76.0 Å². The first-order valence-electron chi connectivity index (χ1n) is 6.26. The lowest BCUT2D eigenvalue weighted by Crippen LogP contribution is -2.23. The number of benzene rings is 1. The zero-order chi connectivity index (χ0) is 14.4. The summed E-state index contributed by atoms with van der Waals surface area (Å²) in [6.45, 7) is 4.00. The summed E-state index contributed by atoms with van der Waals surface area (Å²) in [4.78, 5) is 11.6. The average Bonchev–Trinajstić information content (AvgIpc) is 2.41. The van der Waals surface area contributed by atoms with Gasteiger partial charge in [0.15, 0.2) is 11.5 Å². The molecule has 0 heterocycles. The fourth-order valence-electron chi connectivity index (χ4n) is 1.89. The number of aliphatic hydroxyl groups is 1. The number of methoxy groups -OCH3 is 1. The van der Waals surface area contributed by atoms with Gasteiger partial charge in [0.05, 0.1) is 25.7 Å². The van der Waals surface area contributed by atoms with E-state index in [0.717, 1.165) is 0 Å². The molecule has 1 rings (SSSR count). The van der Waals surface area contributed by atoms with E-state index in [2.05, 4.69) is 4.74 Å². The average molecular weight is 268 g/mol. The molecule has 0 aromatic heterocycles. The number of aliphatic hydroxyl groups excluding tert-OH is 1. The predicted molar refractivity (Wildman–Crippen MR) is 70.0 cm³/mol. The zero-order valence-corrected chi connectivity index (χ0v) is 11.4. The van der Waals surface area contributed by atoms with Gasteiger partial charge in [-0.1, -0.05) is 13.0 Å². The summed E-state index contributed by atoms with van der Waals surface area (Å²) in [6, 6.07) is 4.54. The van der Waals surface area contributed by atoms with Gasteiger partial charge in [0, 0.05) is 0 Å². The lowest BCUT2D eigenvalue weighted by atomic mass is 9.93. The van der Waals surface area contributed by atoms with E-state index < -0.39 is 18.0 Å². The third-order valence-electron chi connectivity index (χ3n) is 2.95. The van der Waals surface area contributed by atoms with E-state index in [1.807, 2.05) is 0 Å². The maximum atomic E-state index is 11.6. The number of ether oxygens (including phenoxy) is 2. The highest BCUT2D eigenvalue weighted by molar-refractivity contribution is 5.73. The number of carbonyl (C=O) groups is 1. The van der Waals surface area contributed by atoms with E-state index in [1.54, 1.807) is 19.9 Å². The van der Waals surface area contributed by atoms with Crippen LogP contribution in [0.4, 0.5) is 0 Å². The molecule has 0 aliphatic carbocycles. The van der Waals surface area contributed by atoms with Crippen molar-refractivity contribution in [2.45, 2.75) is 26.4 Å². The van der Waals surface area contributed by atoms with Crippen molar-refractivity contribution >= 4 is 5.97 Å². The van der Waals surface area contributed by atoms with Crippen LogP contribution in [0.25, 0.3) is 0 Å². The molecule has 0 bridgehead atoms. The minimum Gasteiger partial charge on any atom is -0.504 e. The van der Waals surface area contributed by atoms with Gasteiger partial charge < -0.3 is 19.7 Å². The molecule has 0 aliphatic heterocycles. The zero-order valence-electron chi connectivity index (χ0n) is 11.4. The molecule has 1 aromatic carbocycles. The van der Waals surface area contributed by atoms with Gasteiger partial charge >= 0.3 is 5.97 Å². The second-order valence-corrected chi connectivity index (χ2v) is 4.14. The molecule has 0 amide bonds. The Bertz CT molecular complexity index is 430. The van der Waals surface area contributed by atoms with Gasteiger partial charge in [-0.05, 0) is 31.0 Å². The second-order valence-electron chi connectivity index (χ2n) is 4.14. The van der Waals surface area contributed by atoms with Gasteiger partial charge in [0.1, 0.15) is 0 Å². The maximum Gasteiger partial charge on any atom is 0.311 e. The molecule has 0 saturated heterocycles. The number of aromatic hydroxyl groups is 1. The first kappa shape index (κ1) is 15.3. The van der Waals surface area contributed by atoms with Crippen LogP contribution in [0.5, 0.6) is 11.5 Å². The van der Waals surface area contributed by atoms with Crippen LogP contribution in [-0.2, 0) is 9.53 Å². The van der Waals surface area contributed by atoms with E-state index in [9.17, 15) is 15.0 Å². The van der Waals surface area contributed by atoms with E-state index in [0.29, 0.717) is 24.3 Å². The Labute approximate surface area is 112 Å². The summed E-state index contributed by atoms with van der Waals surface area (Å²) in [5.74, 6) is -0.798. The molecule has 2 unspecified atom stereocenters. The predicted octanol–water partition coefficient (Wildman–Crippen LogP) is 2.02. The molecule has 5 nitrogen and oxygen atoms in total. The third-order valence-corrected chi connectivity index (χ3v) is 2.95. The van der Waals surface area contributed by atoms with Crippen LogP contribution >= 0.6 is 0 Å². The smallest absolute Gasteiger partial charge is 0.311 e. The number of rotatable bonds is 6. The molecule has 0 fully saturated rings. The van der Waals surface area contributed by atoms with E-state index in [-0.39, 0.29) is 5.75 Å². The maximum absolute atomic E-state index is 11.6. The third kappa shape index (κ3) is 3.61. The van der Waals surface area contributed by atoms with Gasteiger partial charge in [-0.15, -0.1) is 0 Å². The Kier molecular flexibility index (Phi) is 5.63. The molecular weight excluding hydrogens is 248 g/mol. The van der Waals surface area contributed by atoms with Crippen molar-refractivity contribution in [1.29, 1.82) is 0 Å². The molecule has 0 spiro atoms. The molecular formula is C14H20O5. The summed E-state index contributed by atoms with van der Waals surface area (Å²) >= 11 is 0. The lowest BCUT2D eigenvalue weighted by Gasteiger charge is -2.20. The number of hydrogen-bond acceptors (Lipinski definition) is 5. The van der Waals surface area contributed by atoms with Crippen molar-refractivity contribution in [3.05, 3.63) is 23.8 Å². The Morgan fingerprint density at radius 2 is 2.05 bits per heavy atom. The number of carbonyl (C=O) groups excluding carboxylic acids is 1. The van der Waals surface area contributed by atoms with Crippen molar-refractivity contribution in [2.75, 3.05) is 13.7 Å². The quantitative estimate of drug-likeness (QED) is 0.772. The molecule has 0 radical (unpaired) electrons. The minimum atomic E-state index is -0.989. The largest absolute Gasteiger partial charge is 0.504 e. The summed E-state index contributed by atoms with van der Waals surface area (Å²) in [5, 5.41) is 19.8. The number of phenolic OH excluding ortho intramolecular Hbond substituents is 1. The van der Waals surface area contributed by atoms with Gasteiger partial charge in [-0.2, -0.15) is 0 Å². The molecule has 0 saturated carbocycles. The normalized spacial score (nSPS) is 13.7. The van der Waals surface area contributed by atoms with Crippen LogP contribution in [0.3, 0.4) is 0 Å². The fraction of sp³-hybridized carbons (Fsp3) is 0.500. The van der Waals surface area contributed by atoms with Crippen LogP contribution in [0, 0.1) is 5.92 Å². The number of phenols is 1. The molecule has 106 valence electrons. The Hall–Kier alpha value is -1.75. The molecule has 5 heteroatoms. The highest BCUT2D eigenvalue weighted by atomic mass is 16.5. The van der Waals surface area contributed by atoms with Crippen LogP contribution in [-0.4, -0.2) is 29.9 Å². The summed E-state index contributed by atoms with van der Waals surface area (Å²) in [5.41, 5.74) is 0.513. The minimum absolute atomic E-state index is 0.00363. The Morgan fingerprint density at radius 3 is 2.58 bits per heavy atom. The summed E-state index contributed by atoms with van der Waals surface area (Å²) in [6.07, 6.45) is -0.532. The lowest BCUT2D eigenvalue weighted by molar-refractivity contribution is -0.149. The SMILES string of the molecule is CCOc1cc(C(O)C(CC)C(=O)OC)ccc1O. The van der Waals surface area contributed by atoms with Crippen LogP contribution in [0.15, 0.2) is 18.2 Å². The fourth-order valence-corrected chi connectivity index (χ4v) is 1.89. The van der Waals surface area contributed by atoms with Gasteiger partial charge in [0.2, 0.25) is 0 Å². The second kappa shape index (κ2) is 6.99. The van der Waals surface area contributed by atoms with Gasteiger partial charge in [0.25, 0.3) is 0 Å². The van der Waals surface area contributed by atoms with Gasteiger partial charge in [-0.3, -0.25) is 4.79 Å². The van der Waals surface area contributed by atoms with E-state index in [1.165, 1.54) is 19.2 Å². The molecule has 2 atom stereocenters. The van der Waals surface area contributed by atoms with Crippen LogP contribution in [0.2, 0.25) is 0 Å². The van der Waals surface area contributed by atoms with E-state index >= 15 is 0 Å². The highest BCUT2D eigenvalue weighted by Crippen LogP contribution is 2.33. The van der Waals surface area contributed by atoms with Crippen LogP contribution < -0.4 is 4.74 Å². The van der Waals surface area contributed by atoms with Crippen molar-refractivity contribution in [3.8, 4) is 11.5 Å². The first-order chi connectivity index (χ1) is 9.04. The first-order valence-corrected chi connectivity index (χ1v) is 6.26. The number of hydrogen-bond donors (Lipinski definition) is 2. The molecule has 1 aromatic rings. The Morgan fingerprint density at radius 1 is 1.37 bits per heavy atom. The van der Waals surface area contributed by atoms with E-state index in [4.69, 9.17) is 4.74 Å². The van der Waals surface area contributed by atoms with Crippen molar-refractivity contribution in [3.63, 3.8) is 0 Å². The summed E-state index contributed by atoms with van der Waals surface area (Å²) in [7, 11) is 1.29. The Balaban J connectivity index is 3.01. The molecule has 0 aliphatic rings. The monoisotopic (exact) mass is 268 g/mol. The van der Waals surface area contributed by atoms with Crippen LogP contribution in [0.1, 0.15) is 31.9 Å². The van der Waals surface area contributed by atoms with Gasteiger partial charge in [-0.25, -0.2) is 0 Å². The highest BCUT2D eigenvalue weighted by Gasteiger charge is 2.27. The molecule has 2 N–H and O–H groups in total. The van der Waals surface area contributed by atoms with Crippen molar-refractivity contribution in [2.24, 2.45) is 5.92 Å². The standard InChI is InChI=1S/C14H20O5/c1-4-10(14(17)18-3)13(16)9-6-7-11(15)12(8-9)19-5-2/h6-8,10,13,15-16H,4-5H2,1-3H3. The molecule has 19 heavy (non-hydrogen) atoms. The van der Waals surface area contributed by atoms with Crippen molar-refractivity contribution < 1.29 is 24.5 Å². The van der Waals surface area contributed by atoms with Crippen molar-refractivity contribution in [1.82, 2.24) is 0 Å². The number of esters is 1. The summed E-state index contributed by atoms with van der Waals surface area (Å²) < 4.78 is 9.92.